The molecule has 0 saturated carbocycles. The maximum Gasteiger partial charge on any atom is 0.329 e. The Bertz CT molecular complexity index is 592. The molecule has 2 rings (SSSR count). The number of nitro groups is 1. The van der Waals surface area contributed by atoms with E-state index >= 15 is 0 Å². The second kappa shape index (κ2) is 5.59. The molecule has 0 saturated heterocycles. The van der Waals surface area contributed by atoms with E-state index in [9.17, 15) is 10.1 Å². The van der Waals surface area contributed by atoms with E-state index in [1.165, 1.54) is 11.3 Å². The average Bonchev–Trinajstić information content (AvgIpc) is 2.72. The first-order chi connectivity index (χ1) is 8.56. The summed E-state index contributed by atoms with van der Waals surface area (Å²) in [7, 11) is 0. The third-order valence-corrected chi connectivity index (χ3v) is 3.87. The van der Waals surface area contributed by atoms with Crippen LogP contribution >= 0.6 is 38.9 Å². The third-order valence-electron chi connectivity index (χ3n) is 1.99. The van der Waals surface area contributed by atoms with Crippen molar-refractivity contribution in [2.75, 3.05) is 5.32 Å². The highest BCUT2D eigenvalue weighted by Crippen LogP contribution is 2.24. The zero-order chi connectivity index (χ0) is 13.1. The monoisotopic (exact) mass is 348 g/mol. The number of hydrogen-bond acceptors (Lipinski definition) is 6. The molecule has 6 nitrogen and oxygen atoms in total. The summed E-state index contributed by atoms with van der Waals surface area (Å²) in [4.78, 5) is 18.7. The van der Waals surface area contributed by atoms with Crippen molar-refractivity contribution in [3.63, 3.8) is 0 Å². The molecule has 18 heavy (non-hydrogen) atoms. The molecule has 2 aromatic heterocycles. The second-order valence-corrected chi connectivity index (χ2v) is 5.46. The Hall–Kier alpha value is -1.25. The van der Waals surface area contributed by atoms with E-state index < -0.39 is 4.92 Å². The fourth-order valence-electron chi connectivity index (χ4n) is 1.23. The van der Waals surface area contributed by atoms with Gasteiger partial charge in [-0.05, 0) is 33.6 Å². The highest BCUT2D eigenvalue weighted by atomic mass is 79.9. The van der Waals surface area contributed by atoms with Crippen molar-refractivity contribution in [3.05, 3.63) is 42.4 Å². The number of nitrogens with one attached hydrogen (secondary N) is 1. The first-order valence-electron chi connectivity index (χ1n) is 4.70. The molecular formula is C9H6BrClN4O2S. The van der Waals surface area contributed by atoms with Gasteiger partial charge < -0.3 is 5.32 Å². The molecule has 2 heterocycles. The maximum absolute atomic E-state index is 10.8. The predicted octanol–water partition coefficient (Wildman–Crippen LogP) is 3.47. The molecule has 0 atom stereocenters. The first kappa shape index (κ1) is 13.2. The lowest BCUT2D eigenvalue weighted by atomic mass is 10.4. The van der Waals surface area contributed by atoms with E-state index in [0.717, 1.165) is 15.5 Å². The largest absolute Gasteiger partial charge is 0.359 e. The van der Waals surface area contributed by atoms with Crippen LogP contribution in [0.4, 0.5) is 11.5 Å². The zero-order valence-electron chi connectivity index (χ0n) is 8.76. The van der Waals surface area contributed by atoms with Gasteiger partial charge in [0.1, 0.15) is 6.20 Å². The van der Waals surface area contributed by atoms with Crippen molar-refractivity contribution in [1.82, 2.24) is 9.97 Å². The van der Waals surface area contributed by atoms with Crippen LogP contribution in [0.3, 0.4) is 0 Å². The molecule has 0 aliphatic rings. The summed E-state index contributed by atoms with van der Waals surface area (Å²) >= 11 is 10.5. The van der Waals surface area contributed by atoms with Crippen LogP contribution in [0.5, 0.6) is 0 Å². The molecule has 0 amide bonds. The Morgan fingerprint density at radius 2 is 2.39 bits per heavy atom. The van der Waals surface area contributed by atoms with Crippen molar-refractivity contribution < 1.29 is 4.92 Å². The number of aromatic nitrogens is 2. The Balaban J connectivity index is 2.17. The van der Waals surface area contributed by atoms with Crippen LogP contribution in [-0.4, -0.2) is 14.9 Å². The van der Waals surface area contributed by atoms with Crippen molar-refractivity contribution in [2.24, 2.45) is 0 Å². The number of nitrogens with zero attached hydrogens (tertiary/aromatic N) is 3. The SMILES string of the molecule is O=[N+]([O-])c1cnc(Cl)nc1NCc1cc(Br)cs1. The summed E-state index contributed by atoms with van der Waals surface area (Å²) in [6.07, 6.45) is 1.09. The Morgan fingerprint density at radius 1 is 1.61 bits per heavy atom. The van der Waals surface area contributed by atoms with Crippen LogP contribution in [0.25, 0.3) is 0 Å². The van der Waals surface area contributed by atoms with Gasteiger partial charge in [0.2, 0.25) is 11.1 Å². The van der Waals surface area contributed by atoms with Crippen molar-refractivity contribution in [2.45, 2.75) is 6.54 Å². The maximum atomic E-state index is 10.8. The highest BCUT2D eigenvalue weighted by Gasteiger charge is 2.16. The molecule has 94 valence electrons. The fraction of sp³-hybridized carbons (Fsp3) is 0.111. The van der Waals surface area contributed by atoms with Crippen LogP contribution in [0.2, 0.25) is 5.28 Å². The smallest absolute Gasteiger partial charge is 0.329 e. The van der Waals surface area contributed by atoms with E-state index in [1.54, 1.807) is 0 Å². The lowest BCUT2D eigenvalue weighted by molar-refractivity contribution is -0.384. The lowest BCUT2D eigenvalue weighted by Gasteiger charge is -2.04. The lowest BCUT2D eigenvalue weighted by Crippen LogP contribution is -2.04. The van der Waals surface area contributed by atoms with Gasteiger partial charge in [-0.15, -0.1) is 11.3 Å². The van der Waals surface area contributed by atoms with Gasteiger partial charge in [0.25, 0.3) is 0 Å². The third kappa shape index (κ3) is 3.15. The van der Waals surface area contributed by atoms with Crippen molar-refractivity contribution in [3.8, 4) is 0 Å². The molecule has 0 spiro atoms. The normalized spacial score (nSPS) is 10.3. The molecule has 9 heteroatoms. The number of hydrogen-bond donors (Lipinski definition) is 1. The summed E-state index contributed by atoms with van der Waals surface area (Å²) in [5.41, 5.74) is -0.199. The van der Waals surface area contributed by atoms with Gasteiger partial charge in [-0.3, -0.25) is 10.1 Å². The number of anilines is 1. The van der Waals surface area contributed by atoms with Crippen molar-refractivity contribution in [1.29, 1.82) is 0 Å². The van der Waals surface area contributed by atoms with Crippen LogP contribution in [0, 0.1) is 10.1 Å². The highest BCUT2D eigenvalue weighted by molar-refractivity contribution is 9.10. The van der Waals surface area contributed by atoms with Crippen LogP contribution in [-0.2, 0) is 6.54 Å². The Labute approximate surface area is 119 Å². The van der Waals surface area contributed by atoms with Gasteiger partial charge in [0.15, 0.2) is 0 Å². The summed E-state index contributed by atoms with van der Waals surface area (Å²) in [6.45, 7) is 0.435. The van der Waals surface area contributed by atoms with Gasteiger partial charge in [-0.25, -0.2) is 4.98 Å². The molecule has 0 unspecified atom stereocenters. The van der Waals surface area contributed by atoms with Gasteiger partial charge in [-0.2, -0.15) is 4.98 Å². The van der Waals surface area contributed by atoms with E-state index in [4.69, 9.17) is 11.6 Å². The number of thiophene rings is 1. The predicted molar refractivity (Wildman–Crippen MR) is 73.0 cm³/mol. The fourth-order valence-corrected chi connectivity index (χ4v) is 2.76. The molecule has 1 N–H and O–H groups in total. The van der Waals surface area contributed by atoms with E-state index in [2.05, 4.69) is 31.2 Å². The molecular weight excluding hydrogens is 344 g/mol. The molecule has 0 bridgehead atoms. The van der Waals surface area contributed by atoms with E-state index in [-0.39, 0.29) is 16.8 Å². The number of halogens is 2. The zero-order valence-corrected chi connectivity index (χ0v) is 11.9. The minimum atomic E-state index is -0.553. The quantitative estimate of drug-likeness (QED) is 0.519. The summed E-state index contributed by atoms with van der Waals surface area (Å²) in [6, 6.07) is 1.92. The molecule has 0 aliphatic carbocycles. The number of rotatable bonds is 4. The summed E-state index contributed by atoms with van der Waals surface area (Å²) in [5, 5.41) is 15.6. The minimum absolute atomic E-state index is 0.0320. The van der Waals surface area contributed by atoms with Gasteiger partial charge in [0.05, 0.1) is 11.5 Å². The van der Waals surface area contributed by atoms with E-state index in [0.29, 0.717) is 6.54 Å². The van der Waals surface area contributed by atoms with Crippen LogP contribution < -0.4 is 5.32 Å². The van der Waals surface area contributed by atoms with Crippen LogP contribution in [0.15, 0.2) is 22.1 Å². The van der Waals surface area contributed by atoms with E-state index in [1.807, 2.05) is 11.4 Å². The van der Waals surface area contributed by atoms with Gasteiger partial charge in [-0.1, -0.05) is 0 Å². The standard InChI is InChI=1S/C9H6BrClN4O2S/c10-5-1-6(18-4-5)2-12-8-7(15(16)17)3-13-9(11)14-8/h1,3-4H,2H2,(H,12,13,14). The Morgan fingerprint density at radius 3 is 3.00 bits per heavy atom. The topological polar surface area (TPSA) is 81.0 Å². The second-order valence-electron chi connectivity index (χ2n) is 3.21. The average molecular weight is 350 g/mol. The molecule has 0 fully saturated rings. The summed E-state index contributed by atoms with van der Waals surface area (Å²) < 4.78 is 0.972. The van der Waals surface area contributed by atoms with Crippen LogP contribution in [0.1, 0.15) is 4.88 Å². The van der Waals surface area contributed by atoms with Gasteiger partial charge >= 0.3 is 5.69 Å². The molecule has 0 aromatic carbocycles. The first-order valence-corrected chi connectivity index (χ1v) is 6.75. The summed E-state index contributed by atoms with van der Waals surface area (Å²) in [5.74, 6) is 0.115. The van der Waals surface area contributed by atoms with Crippen molar-refractivity contribution >= 4 is 50.4 Å². The van der Waals surface area contributed by atoms with Gasteiger partial charge in [0, 0.05) is 14.7 Å². The molecule has 0 radical (unpaired) electrons. The minimum Gasteiger partial charge on any atom is -0.359 e. The molecule has 2 aromatic rings. The Kier molecular flexibility index (Phi) is 4.10. The molecule has 0 aliphatic heterocycles.